The van der Waals surface area contributed by atoms with E-state index in [4.69, 9.17) is 4.74 Å². The maximum Gasteiger partial charge on any atom is 0.313 e. The Morgan fingerprint density at radius 1 is 1.52 bits per heavy atom. The zero-order chi connectivity index (χ0) is 16.0. The monoisotopic (exact) mass is 308 g/mol. The van der Waals surface area contributed by atoms with Gasteiger partial charge in [0, 0.05) is 36.2 Å². The van der Waals surface area contributed by atoms with Crippen molar-refractivity contribution in [2.45, 2.75) is 12.5 Å². The predicted octanol–water partition coefficient (Wildman–Crippen LogP) is 2.77. The molecule has 0 bridgehead atoms. The normalized spacial score (nSPS) is 23.3. The molecule has 0 amide bonds. The second-order valence-electron chi connectivity index (χ2n) is 6.26. The molecule has 23 heavy (non-hydrogen) atoms. The fourth-order valence-electron chi connectivity index (χ4n) is 3.99. The van der Waals surface area contributed by atoms with Gasteiger partial charge in [0.2, 0.25) is 0 Å². The summed E-state index contributed by atoms with van der Waals surface area (Å²) in [5.74, 6) is -0.390. The molecule has 1 unspecified atom stereocenters. The fourth-order valence-corrected chi connectivity index (χ4v) is 3.99. The van der Waals surface area contributed by atoms with E-state index in [9.17, 15) is 4.79 Å². The third-order valence-electron chi connectivity index (χ3n) is 4.99. The Kier molecular flexibility index (Phi) is 3.34. The van der Waals surface area contributed by atoms with Crippen LogP contribution in [0.5, 0.6) is 0 Å². The van der Waals surface area contributed by atoms with Crippen molar-refractivity contribution in [2.24, 2.45) is 5.92 Å². The standard InChI is InChI=1S/C19H20N2O2/c1-3-7-21-11-13(19(22)23-2)8-15-14-5-4-6-16-18(14)12(10-20-16)9-17(15)21/h3-6,8,10,13,17,20H,1,7,9,11H2,2H3/t13?,17-/m1/s1. The molecule has 1 N–H and O–H groups in total. The van der Waals surface area contributed by atoms with Crippen molar-refractivity contribution >= 4 is 22.4 Å². The third kappa shape index (κ3) is 2.13. The second kappa shape index (κ2) is 5.39. The van der Waals surface area contributed by atoms with Crippen molar-refractivity contribution in [3.05, 3.63) is 54.3 Å². The average molecular weight is 308 g/mol. The number of carbonyl (C=O) groups excluding carboxylic acids is 1. The Hall–Kier alpha value is -2.33. The molecule has 2 heterocycles. The predicted molar refractivity (Wildman–Crippen MR) is 91.0 cm³/mol. The number of hydrogen-bond donors (Lipinski definition) is 1. The maximum atomic E-state index is 12.1. The van der Waals surface area contributed by atoms with Crippen molar-refractivity contribution < 1.29 is 9.53 Å². The van der Waals surface area contributed by atoms with Gasteiger partial charge < -0.3 is 9.72 Å². The number of H-pyrrole nitrogens is 1. The molecule has 1 aromatic heterocycles. The number of hydrogen-bond acceptors (Lipinski definition) is 3. The zero-order valence-corrected chi connectivity index (χ0v) is 13.2. The number of benzene rings is 1. The Labute approximate surface area is 135 Å². The van der Waals surface area contributed by atoms with Crippen molar-refractivity contribution in [2.75, 3.05) is 20.2 Å². The molecule has 2 aliphatic rings. The minimum absolute atomic E-state index is 0.169. The minimum atomic E-state index is -0.220. The van der Waals surface area contributed by atoms with E-state index >= 15 is 0 Å². The van der Waals surface area contributed by atoms with Gasteiger partial charge in [-0.25, -0.2) is 0 Å². The summed E-state index contributed by atoms with van der Waals surface area (Å²) in [6.07, 6.45) is 7.10. The van der Waals surface area contributed by atoms with E-state index in [0.29, 0.717) is 12.6 Å². The highest BCUT2D eigenvalue weighted by molar-refractivity contribution is 5.99. The number of aromatic nitrogens is 1. The van der Waals surface area contributed by atoms with Crippen LogP contribution >= 0.6 is 0 Å². The summed E-state index contributed by atoms with van der Waals surface area (Å²) in [7, 11) is 1.45. The minimum Gasteiger partial charge on any atom is -0.469 e. The molecular formula is C19H20N2O2. The molecular weight excluding hydrogens is 288 g/mol. The molecule has 1 aliphatic heterocycles. The summed E-state index contributed by atoms with van der Waals surface area (Å²) in [5, 5.41) is 1.29. The van der Waals surface area contributed by atoms with E-state index in [2.05, 4.69) is 46.9 Å². The number of nitrogens with one attached hydrogen (secondary N) is 1. The van der Waals surface area contributed by atoms with Crippen LogP contribution in [0.2, 0.25) is 0 Å². The molecule has 0 saturated heterocycles. The van der Waals surface area contributed by atoms with E-state index in [1.165, 1.54) is 29.2 Å². The average Bonchev–Trinajstić information content (AvgIpc) is 2.99. The van der Waals surface area contributed by atoms with Crippen LogP contribution in [-0.4, -0.2) is 42.1 Å². The molecule has 1 aliphatic carbocycles. The van der Waals surface area contributed by atoms with Gasteiger partial charge in [-0.3, -0.25) is 9.69 Å². The largest absolute Gasteiger partial charge is 0.469 e. The molecule has 0 saturated carbocycles. The number of esters is 1. The van der Waals surface area contributed by atoms with Crippen molar-refractivity contribution in [3.63, 3.8) is 0 Å². The van der Waals surface area contributed by atoms with Crippen LogP contribution < -0.4 is 0 Å². The molecule has 4 heteroatoms. The lowest BCUT2D eigenvalue weighted by Gasteiger charge is -2.40. The zero-order valence-electron chi connectivity index (χ0n) is 13.2. The molecule has 0 fully saturated rings. The molecule has 0 radical (unpaired) electrons. The molecule has 4 rings (SSSR count). The van der Waals surface area contributed by atoms with E-state index in [0.717, 1.165) is 18.5 Å². The summed E-state index contributed by atoms with van der Waals surface area (Å²) in [5.41, 5.74) is 4.99. The Balaban J connectivity index is 1.88. The first-order valence-electron chi connectivity index (χ1n) is 7.96. The number of ether oxygens (including phenoxy) is 1. The molecule has 2 aromatic rings. The number of aromatic amines is 1. The highest BCUT2D eigenvalue weighted by atomic mass is 16.5. The van der Waals surface area contributed by atoms with Crippen molar-refractivity contribution in [3.8, 4) is 0 Å². The smallest absolute Gasteiger partial charge is 0.313 e. The highest BCUT2D eigenvalue weighted by Gasteiger charge is 2.37. The Bertz CT molecular complexity index is 818. The van der Waals surface area contributed by atoms with Crippen LogP contribution in [0.15, 0.2) is 43.1 Å². The second-order valence-corrected chi connectivity index (χ2v) is 6.26. The number of nitrogens with zero attached hydrogens (tertiary/aromatic N) is 1. The number of methoxy groups -OCH3 is 1. The first-order valence-corrected chi connectivity index (χ1v) is 7.96. The molecule has 118 valence electrons. The van der Waals surface area contributed by atoms with Gasteiger partial charge in [-0.2, -0.15) is 0 Å². The van der Waals surface area contributed by atoms with Crippen LogP contribution in [0.1, 0.15) is 11.1 Å². The highest BCUT2D eigenvalue weighted by Crippen LogP contribution is 2.41. The van der Waals surface area contributed by atoms with Crippen LogP contribution in [0, 0.1) is 5.92 Å². The van der Waals surface area contributed by atoms with Gasteiger partial charge in [0.25, 0.3) is 0 Å². The maximum absolute atomic E-state index is 12.1. The van der Waals surface area contributed by atoms with Gasteiger partial charge in [-0.1, -0.05) is 24.3 Å². The first-order chi connectivity index (χ1) is 11.2. The molecule has 2 atom stereocenters. The van der Waals surface area contributed by atoms with Crippen molar-refractivity contribution in [1.82, 2.24) is 9.88 Å². The fraction of sp³-hybridized carbons (Fsp3) is 0.316. The van der Waals surface area contributed by atoms with Crippen molar-refractivity contribution in [1.29, 1.82) is 0 Å². The van der Waals surface area contributed by atoms with E-state index < -0.39 is 0 Å². The number of fused-ring (bicyclic) bond motifs is 2. The molecule has 0 spiro atoms. The first kappa shape index (κ1) is 14.3. The summed E-state index contributed by atoms with van der Waals surface area (Å²) < 4.78 is 4.98. The quantitative estimate of drug-likeness (QED) is 0.700. The molecule has 4 nitrogen and oxygen atoms in total. The lowest BCUT2D eigenvalue weighted by atomic mass is 9.79. The van der Waals surface area contributed by atoms with Crippen LogP contribution in [0.4, 0.5) is 0 Å². The summed E-state index contributed by atoms with van der Waals surface area (Å²) >= 11 is 0. The van der Waals surface area contributed by atoms with Gasteiger partial charge in [-0.05, 0) is 29.2 Å². The topological polar surface area (TPSA) is 45.3 Å². The lowest BCUT2D eigenvalue weighted by Crippen LogP contribution is -2.46. The Morgan fingerprint density at radius 3 is 3.17 bits per heavy atom. The van der Waals surface area contributed by atoms with Crippen LogP contribution in [0.25, 0.3) is 16.5 Å². The van der Waals surface area contributed by atoms with E-state index in [-0.39, 0.29) is 11.9 Å². The molecule has 1 aromatic carbocycles. The third-order valence-corrected chi connectivity index (χ3v) is 4.99. The summed E-state index contributed by atoms with van der Waals surface area (Å²) in [4.78, 5) is 17.8. The summed E-state index contributed by atoms with van der Waals surface area (Å²) in [6, 6.07) is 6.62. The Morgan fingerprint density at radius 2 is 2.39 bits per heavy atom. The van der Waals surface area contributed by atoms with Crippen LogP contribution in [0.3, 0.4) is 0 Å². The van der Waals surface area contributed by atoms with Gasteiger partial charge in [-0.15, -0.1) is 6.58 Å². The van der Waals surface area contributed by atoms with Gasteiger partial charge in [0.1, 0.15) is 0 Å². The van der Waals surface area contributed by atoms with Gasteiger partial charge in [0.05, 0.1) is 13.0 Å². The number of rotatable bonds is 3. The van der Waals surface area contributed by atoms with E-state index in [1.807, 2.05) is 6.08 Å². The van der Waals surface area contributed by atoms with E-state index in [1.54, 1.807) is 0 Å². The van der Waals surface area contributed by atoms with Crippen LogP contribution in [-0.2, 0) is 16.0 Å². The SMILES string of the molecule is C=CCN1CC(C(=O)OC)C=C2c3cccc4[nH]cc(c34)C[C@H]21. The van der Waals surface area contributed by atoms with Gasteiger partial charge in [0.15, 0.2) is 0 Å². The summed E-state index contributed by atoms with van der Waals surface area (Å²) in [6.45, 7) is 5.32. The van der Waals surface area contributed by atoms with Gasteiger partial charge >= 0.3 is 5.97 Å². The number of carbonyl (C=O) groups is 1. The lowest BCUT2D eigenvalue weighted by molar-refractivity contribution is -0.144.